The zero-order valence-electron chi connectivity index (χ0n) is 7.37. The molecule has 0 saturated heterocycles. The Morgan fingerprint density at radius 1 is 1.58 bits per heavy atom. The average Bonchev–Trinajstić information content (AvgIpc) is 2.11. The molecule has 0 N–H and O–H groups in total. The molecule has 0 bridgehead atoms. The quantitative estimate of drug-likeness (QED) is 0.572. The molecule has 0 spiro atoms. The van der Waals surface area contributed by atoms with Crippen molar-refractivity contribution < 1.29 is 14.3 Å². The summed E-state index contributed by atoms with van der Waals surface area (Å²) in [6.07, 6.45) is 4.63. The van der Waals surface area contributed by atoms with Crippen LogP contribution in [0.15, 0.2) is 0 Å². The molecule has 0 saturated carbocycles. The highest BCUT2D eigenvalue weighted by atomic mass is 16.5. The third-order valence-corrected chi connectivity index (χ3v) is 1.28. The molecule has 0 radical (unpaired) electrons. The number of terminal acetylenes is 1. The van der Waals surface area contributed by atoms with E-state index in [0.29, 0.717) is 13.2 Å². The molecule has 4 nitrogen and oxygen atoms in total. The fourth-order valence-electron chi connectivity index (χ4n) is 0.676. The van der Waals surface area contributed by atoms with Gasteiger partial charge in [-0.2, -0.15) is 0 Å². The molecule has 0 aliphatic rings. The monoisotopic (exact) mass is 171 g/mol. The van der Waals surface area contributed by atoms with E-state index >= 15 is 0 Å². The van der Waals surface area contributed by atoms with Crippen molar-refractivity contribution in [3.63, 3.8) is 0 Å². The second-order valence-electron chi connectivity index (χ2n) is 2.09. The molecule has 12 heavy (non-hydrogen) atoms. The number of amides is 1. The molecule has 68 valence electrons. The Labute approximate surface area is 72.4 Å². The van der Waals surface area contributed by atoms with Crippen LogP contribution in [0.25, 0.3) is 0 Å². The van der Waals surface area contributed by atoms with Gasteiger partial charge in [-0.05, 0) is 0 Å². The summed E-state index contributed by atoms with van der Waals surface area (Å²) < 4.78 is 9.29. The van der Waals surface area contributed by atoms with Crippen LogP contribution in [0.2, 0.25) is 0 Å². The molecule has 1 amide bonds. The number of hydrogen-bond acceptors (Lipinski definition) is 3. The van der Waals surface area contributed by atoms with Crippen LogP contribution in [-0.2, 0) is 9.47 Å². The lowest BCUT2D eigenvalue weighted by Gasteiger charge is -2.17. The van der Waals surface area contributed by atoms with Gasteiger partial charge < -0.3 is 9.47 Å². The molecular formula is C8H13NO3. The number of rotatable bonds is 4. The highest BCUT2D eigenvalue weighted by Gasteiger charge is 2.10. The summed E-state index contributed by atoms with van der Waals surface area (Å²) in [5.41, 5.74) is 0. The minimum absolute atomic E-state index is 0.246. The normalized spacial score (nSPS) is 8.75. The van der Waals surface area contributed by atoms with Crippen molar-refractivity contribution in [3.8, 4) is 12.3 Å². The van der Waals surface area contributed by atoms with Crippen LogP contribution in [0.3, 0.4) is 0 Å². The summed E-state index contributed by atoms with van der Waals surface area (Å²) >= 11 is 0. The first-order chi connectivity index (χ1) is 5.76. The van der Waals surface area contributed by atoms with Crippen LogP contribution in [0.5, 0.6) is 0 Å². The zero-order valence-corrected chi connectivity index (χ0v) is 7.37. The predicted octanol–water partition coefficient (Wildman–Crippen LogP) is 0.334. The van der Waals surface area contributed by atoms with Crippen molar-refractivity contribution in [2.45, 2.75) is 0 Å². The summed E-state index contributed by atoms with van der Waals surface area (Å²) in [5.74, 6) is 2.36. The Morgan fingerprint density at radius 2 is 2.25 bits per heavy atom. The van der Waals surface area contributed by atoms with Crippen LogP contribution >= 0.6 is 0 Å². The predicted molar refractivity (Wildman–Crippen MR) is 44.7 cm³/mol. The van der Waals surface area contributed by atoms with Crippen molar-refractivity contribution in [2.75, 3.05) is 33.9 Å². The lowest BCUT2D eigenvalue weighted by Crippen LogP contribution is -2.34. The molecule has 0 aliphatic carbocycles. The molecular weight excluding hydrogens is 158 g/mol. The minimum Gasteiger partial charge on any atom is -0.453 e. The number of ether oxygens (including phenoxy) is 2. The summed E-state index contributed by atoms with van der Waals surface area (Å²) in [6.45, 7) is 1.15. The second kappa shape index (κ2) is 6.50. The van der Waals surface area contributed by atoms with Crippen molar-refractivity contribution in [3.05, 3.63) is 0 Å². The molecule has 0 heterocycles. The van der Waals surface area contributed by atoms with E-state index in [1.54, 1.807) is 7.11 Å². The van der Waals surface area contributed by atoms with Gasteiger partial charge in [-0.25, -0.2) is 4.79 Å². The molecule has 0 rings (SSSR count). The second-order valence-corrected chi connectivity index (χ2v) is 2.09. The number of carbonyl (C=O) groups excluding carboxylic acids is 1. The van der Waals surface area contributed by atoms with Gasteiger partial charge in [-0.3, -0.25) is 4.90 Å². The molecule has 4 heteroatoms. The van der Waals surface area contributed by atoms with E-state index in [1.807, 2.05) is 0 Å². The van der Waals surface area contributed by atoms with Crippen LogP contribution in [0, 0.1) is 12.3 Å². The van der Waals surface area contributed by atoms with Gasteiger partial charge in [0.1, 0.15) is 0 Å². The largest absolute Gasteiger partial charge is 0.453 e. The third kappa shape index (κ3) is 3.84. The smallest absolute Gasteiger partial charge is 0.410 e. The van der Waals surface area contributed by atoms with Gasteiger partial charge in [-0.15, -0.1) is 6.42 Å². The van der Waals surface area contributed by atoms with Gasteiger partial charge in [0.25, 0.3) is 0 Å². The van der Waals surface area contributed by atoms with Gasteiger partial charge >= 0.3 is 6.09 Å². The first-order valence-corrected chi connectivity index (χ1v) is 3.51. The van der Waals surface area contributed by atoms with Gasteiger partial charge in [0.2, 0.25) is 0 Å². The fraction of sp³-hybridized carbons (Fsp3) is 0.625. The molecule has 0 aromatic heterocycles. The van der Waals surface area contributed by atoms with E-state index in [4.69, 9.17) is 11.2 Å². The summed E-state index contributed by atoms with van der Waals surface area (Å²) in [7, 11) is 2.88. The van der Waals surface area contributed by atoms with Crippen LogP contribution in [0.4, 0.5) is 4.79 Å². The molecule has 0 aliphatic heterocycles. The number of methoxy groups -OCH3 is 2. The van der Waals surface area contributed by atoms with Crippen LogP contribution < -0.4 is 0 Å². The van der Waals surface area contributed by atoms with E-state index in [0.717, 1.165) is 0 Å². The number of carbonyl (C=O) groups is 1. The van der Waals surface area contributed by atoms with E-state index < -0.39 is 6.09 Å². The topological polar surface area (TPSA) is 38.8 Å². The number of nitrogens with zero attached hydrogens (tertiary/aromatic N) is 1. The molecule has 0 aromatic rings. The highest BCUT2D eigenvalue weighted by molar-refractivity contribution is 5.67. The maximum absolute atomic E-state index is 11.0. The lowest BCUT2D eigenvalue weighted by molar-refractivity contribution is 0.109. The highest BCUT2D eigenvalue weighted by Crippen LogP contribution is 1.91. The summed E-state index contributed by atoms with van der Waals surface area (Å²) in [4.78, 5) is 12.4. The number of hydrogen-bond donors (Lipinski definition) is 0. The van der Waals surface area contributed by atoms with Crippen molar-refractivity contribution in [1.82, 2.24) is 4.90 Å². The van der Waals surface area contributed by atoms with Crippen molar-refractivity contribution in [1.29, 1.82) is 0 Å². The molecule has 0 aromatic carbocycles. The molecule has 0 fully saturated rings. The van der Waals surface area contributed by atoms with Crippen molar-refractivity contribution >= 4 is 6.09 Å². The van der Waals surface area contributed by atoms with E-state index in [2.05, 4.69) is 10.7 Å². The lowest BCUT2D eigenvalue weighted by atomic mass is 10.5. The van der Waals surface area contributed by atoms with Crippen LogP contribution in [0.1, 0.15) is 0 Å². The maximum Gasteiger partial charge on any atom is 0.410 e. The minimum atomic E-state index is -0.426. The Hall–Kier alpha value is -1.21. The van der Waals surface area contributed by atoms with Gasteiger partial charge in [0, 0.05) is 13.7 Å². The zero-order chi connectivity index (χ0) is 9.40. The third-order valence-electron chi connectivity index (χ3n) is 1.28. The average molecular weight is 171 g/mol. The molecule has 0 unspecified atom stereocenters. The van der Waals surface area contributed by atoms with Gasteiger partial charge in [-0.1, -0.05) is 5.92 Å². The van der Waals surface area contributed by atoms with E-state index in [1.165, 1.54) is 12.0 Å². The molecule has 0 atom stereocenters. The summed E-state index contributed by atoms with van der Waals surface area (Å²) in [6, 6.07) is 0. The first kappa shape index (κ1) is 10.8. The van der Waals surface area contributed by atoms with Gasteiger partial charge in [0.15, 0.2) is 0 Å². The summed E-state index contributed by atoms with van der Waals surface area (Å²) in [5, 5.41) is 0. The van der Waals surface area contributed by atoms with E-state index in [9.17, 15) is 4.79 Å². The maximum atomic E-state index is 11.0. The van der Waals surface area contributed by atoms with Gasteiger partial charge in [0.05, 0.1) is 20.3 Å². The van der Waals surface area contributed by atoms with Crippen LogP contribution in [-0.4, -0.2) is 44.9 Å². The Bertz CT molecular complexity index is 174. The fourth-order valence-corrected chi connectivity index (χ4v) is 0.676. The Balaban J connectivity index is 3.87. The first-order valence-electron chi connectivity index (χ1n) is 3.51. The van der Waals surface area contributed by atoms with E-state index in [-0.39, 0.29) is 6.54 Å². The SMILES string of the molecule is C#CCN(CCOC)C(=O)OC. The Kier molecular flexibility index (Phi) is 5.84. The Morgan fingerprint density at radius 3 is 2.67 bits per heavy atom. The standard InChI is InChI=1S/C8H13NO3/c1-4-5-9(6-7-11-2)8(10)12-3/h1H,5-7H2,2-3H3. The van der Waals surface area contributed by atoms with Crippen molar-refractivity contribution in [2.24, 2.45) is 0 Å².